The molecule has 4 aromatic rings. The number of hydrogen-bond donors (Lipinski definition) is 1. The zero-order valence-electron chi connectivity index (χ0n) is 18.3. The quantitative estimate of drug-likeness (QED) is 0.515. The summed E-state index contributed by atoms with van der Waals surface area (Å²) in [6.45, 7) is 1.53. The van der Waals surface area contributed by atoms with E-state index in [2.05, 4.69) is 19.9 Å². The van der Waals surface area contributed by atoms with Crippen molar-refractivity contribution in [2.24, 2.45) is 0 Å². The SMILES string of the molecule is COc1cc2c(N3CCC(n4c(=O)[nH]c5ccccc54)CC3)ncnc2c(OC)c1OC. The van der Waals surface area contributed by atoms with Crippen LogP contribution in [0.3, 0.4) is 0 Å². The highest BCUT2D eigenvalue weighted by atomic mass is 16.5. The number of aromatic nitrogens is 4. The third-order valence-corrected chi connectivity index (χ3v) is 6.16. The van der Waals surface area contributed by atoms with E-state index >= 15 is 0 Å². The number of H-pyrrole nitrogens is 1. The molecule has 0 radical (unpaired) electrons. The first-order valence-electron chi connectivity index (χ1n) is 10.5. The van der Waals surface area contributed by atoms with Crippen LogP contribution in [-0.2, 0) is 0 Å². The molecule has 2 aromatic heterocycles. The third-order valence-electron chi connectivity index (χ3n) is 6.16. The molecule has 0 unspecified atom stereocenters. The summed E-state index contributed by atoms with van der Waals surface area (Å²) in [6.07, 6.45) is 3.21. The molecule has 9 nitrogen and oxygen atoms in total. The highest BCUT2D eigenvalue weighted by Gasteiger charge is 2.27. The van der Waals surface area contributed by atoms with Gasteiger partial charge in [-0.05, 0) is 31.0 Å². The van der Waals surface area contributed by atoms with Gasteiger partial charge in [-0.15, -0.1) is 0 Å². The minimum atomic E-state index is -0.0568. The fourth-order valence-electron chi connectivity index (χ4n) is 4.68. The highest BCUT2D eigenvalue weighted by Crippen LogP contribution is 2.44. The van der Waals surface area contributed by atoms with Crippen LogP contribution in [0.1, 0.15) is 18.9 Å². The van der Waals surface area contributed by atoms with Crippen LogP contribution in [0, 0.1) is 0 Å². The summed E-state index contributed by atoms with van der Waals surface area (Å²) < 4.78 is 18.5. The molecule has 0 aliphatic carbocycles. The lowest BCUT2D eigenvalue weighted by Gasteiger charge is -2.34. The van der Waals surface area contributed by atoms with E-state index < -0.39 is 0 Å². The number of nitrogens with zero attached hydrogens (tertiary/aromatic N) is 4. The van der Waals surface area contributed by atoms with Crippen LogP contribution >= 0.6 is 0 Å². The molecule has 3 heterocycles. The van der Waals surface area contributed by atoms with Crippen LogP contribution < -0.4 is 24.8 Å². The van der Waals surface area contributed by atoms with Crippen LogP contribution in [0.4, 0.5) is 5.82 Å². The van der Waals surface area contributed by atoms with Crippen LogP contribution in [0.25, 0.3) is 21.9 Å². The average molecular weight is 435 g/mol. The fourth-order valence-corrected chi connectivity index (χ4v) is 4.68. The van der Waals surface area contributed by atoms with Gasteiger partial charge in [-0.1, -0.05) is 12.1 Å². The van der Waals surface area contributed by atoms with Crippen LogP contribution in [0.15, 0.2) is 41.5 Å². The van der Waals surface area contributed by atoms with E-state index in [-0.39, 0.29) is 11.7 Å². The predicted octanol–water partition coefficient (Wildman–Crippen LogP) is 3.14. The summed E-state index contributed by atoms with van der Waals surface area (Å²) in [6, 6.07) is 9.84. The maximum atomic E-state index is 12.6. The van der Waals surface area contributed by atoms with Crippen molar-refractivity contribution in [3.63, 3.8) is 0 Å². The number of para-hydroxylation sites is 2. The number of hydrogen-bond acceptors (Lipinski definition) is 7. The van der Waals surface area contributed by atoms with E-state index in [0.29, 0.717) is 22.8 Å². The maximum Gasteiger partial charge on any atom is 0.326 e. The van der Waals surface area contributed by atoms with Gasteiger partial charge in [0.25, 0.3) is 0 Å². The summed E-state index contributed by atoms with van der Waals surface area (Å²) in [5.41, 5.74) is 2.43. The third kappa shape index (κ3) is 3.12. The predicted molar refractivity (Wildman–Crippen MR) is 122 cm³/mol. The van der Waals surface area contributed by atoms with Crippen LogP contribution in [-0.4, -0.2) is 53.9 Å². The molecule has 9 heteroatoms. The van der Waals surface area contributed by atoms with Gasteiger partial charge in [0.1, 0.15) is 17.7 Å². The topological polar surface area (TPSA) is 94.5 Å². The van der Waals surface area contributed by atoms with Crippen LogP contribution in [0.2, 0.25) is 0 Å². The molecule has 0 bridgehead atoms. The van der Waals surface area contributed by atoms with E-state index in [9.17, 15) is 4.79 Å². The summed E-state index contributed by atoms with van der Waals surface area (Å²) >= 11 is 0. The molecule has 2 aromatic carbocycles. The Labute approximate surface area is 184 Å². The normalized spacial score (nSPS) is 14.8. The second-order valence-corrected chi connectivity index (χ2v) is 7.77. The number of anilines is 1. The Kier molecular flexibility index (Phi) is 5.08. The first-order chi connectivity index (χ1) is 15.7. The van der Waals surface area contributed by atoms with Crippen molar-refractivity contribution in [2.75, 3.05) is 39.3 Å². The van der Waals surface area contributed by atoms with Gasteiger partial charge >= 0.3 is 5.69 Å². The lowest BCUT2D eigenvalue weighted by Crippen LogP contribution is -2.37. The first kappa shape index (κ1) is 20.2. The van der Waals surface area contributed by atoms with E-state index in [4.69, 9.17) is 14.2 Å². The maximum absolute atomic E-state index is 12.6. The molecule has 1 fully saturated rings. The Morgan fingerprint density at radius 1 is 1.00 bits per heavy atom. The van der Waals surface area contributed by atoms with Crippen molar-refractivity contribution < 1.29 is 14.2 Å². The summed E-state index contributed by atoms with van der Waals surface area (Å²) in [4.78, 5) is 26.8. The van der Waals surface area contributed by atoms with E-state index in [1.54, 1.807) is 27.7 Å². The number of fused-ring (bicyclic) bond motifs is 2. The number of rotatable bonds is 5. The number of ether oxygens (including phenoxy) is 3. The van der Waals surface area contributed by atoms with Gasteiger partial charge in [-0.3, -0.25) is 4.57 Å². The van der Waals surface area contributed by atoms with E-state index in [1.807, 2.05) is 34.9 Å². The molecule has 1 saturated heterocycles. The van der Waals surface area contributed by atoms with E-state index in [1.165, 1.54) is 0 Å². The van der Waals surface area contributed by atoms with Crippen molar-refractivity contribution in [2.45, 2.75) is 18.9 Å². The second-order valence-electron chi connectivity index (χ2n) is 7.77. The Bertz CT molecular complexity index is 1340. The average Bonchev–Trinajstić information content (AvgIpc) is 3.18. The minimum absolute atomic E-state index is 0.0568. The van der Waals surface area contributed by atoms with Gasteiger partial charge in [0.2, 0.25) is 5.75 Å². The molecular weight excluding hydrogens is 410 g/mol. The monoisotopic (exact) mass is 435 g/mol. The van der Waals surface area contributed by atoms with Crippen molar-refractivity contribution in [1.29, 1.82) is 0 Å². The number of imidazole rings is 1. The van der Waals surface area contributed by atoms with Crippen molar-refractivity contribution in [1.82, 2.24) is 19.5 Å². The Morgan fingerprint density at radius 3 is 2.47 bits per heavy atom. The molecular formula is C23H25N5O4. The molecule has 0 amide bonds. The summed E-state index contributed by atoms with van der Waals surface area (Å²) in [5.74, 6) is 2.41. The lowest BCUT2D eigenvalue weighted by molar-refractivity contribution is 0.327. The van der Waals surface area contributed by atoms with Gasteiger partial charge in [0.15, 0.2) is 11.5 Å². The summed E-state index contributed by atoms with van der Waals surface area (Å²) in [5, 5.41) is 0.838. The largest absolute Gasteiger partial charge is 0.493 e. The standard InChI is InChI=1S/C23H25N5O4/c1-30-18-12-15-19(21(32-3)20(18)31-2)24-13-25-22(15)27-10-8-14(9-11-27)28-17-7-5-4-6-16(17)26-23(28)29/h4-7,12-14H,8-11H2,1-3H3,(H,26,29). The number of piperidine rings is 1. The number of nitrogens with one attached hydrogen (secondary N) is 1. The number of aromatic amines is 1. The van der Waals surface area contributed by atoms with E-state index in [0.717, 1.165) is 48.2 Å². The Morgan fingerprint density at radius 2 is 1.75 bits per heavy atom. The molecule has 1 N–H and O–H groups in total. The molecule has 0 spiro atoms. The molecule has 166 valence electrons. The van der Waals surface area contributed by atoms with Crippen molar-refractivity contribution >= 4 is 27.8 Å². The second kappa shape index (κ2) is 8.07. The lowest BCUT2D eigenvalue weighted by atomic mass is 10.0. The smallest absolute Gasteiger partial charge is 0.326 e. The zero-order chi connectivity index (χ0) is 22.2. The Balaban J connectivity index is 1.49. The summed E-state index contributed by atoms with van der Waals surface area (Å²) in [7, 11) is 4.76. The minimum Gasteiger partial charge on any atom is -0.493 e. The molecule has 5 rings (SSSR count). The highest BCUT2D eigenvalue weighted by molar-refractivity contribution is 5.97. The van der Waals surface area contributed by atoms with Crippen LogP contribution in [0.5, 0.6) is 17.2 Å². The fraction of sp³-hybridized carbons (Fsp3) is 0.348. The molecule has 32 heavy (non-hydrogen) atoms. The van der Waals surface area contributed by atoms with Gasteiger partial charge in [-0.25, -0.2) is 14.8 Å². The van der Waals surface area contributed by atoms with Crippen molar-refractivity contribution in [3.05, 3.63) is 47.1 Å². The van der Waals surface area contributed by atoms with Crippen molar-refractivity contribution in [3.8, 4) is 17.2 Å². The number of benzene rings is 2. The zero-order valence-corrected chi connectivity index (χ0v) is 18.3. The number of methoxy groups -OCH3 is 3. The molecule has 1 aliphatic rings. The van der Waals surface area contributed by atoms with Gasteiger partial charge in [0, 0.05) is 19.1 Å². The van der Waals surface area contributed by atoms with Gasteiger partial charge in [0.05, 0.1) is 37.7 Å². The Hall–Kier alpha value is -3.75. The van der Waals surface area contributed by atoms with Gasteiger partial charge < -0.3 is 24.1 Å². The molecule has 0 saturated carbocycles. The van der Waals surface area contributed by atoms with Gasteiger partial charge in [-0.2, -0.15) is 0 Å². The molecule has 1 aliphatic heterocycles. The first-order valence-corrected chi connectivity index (χ1v) is 10.5. The molecule has 0 atom stereocenters.